The lowest BCUT2D eigenvalue weighted by atomic mass is 10.0. The van der Waals surface area contributed by atoms with Crippen LogP contribution >= 0.6 is 0 Å². The maximum atomic E-state index is 14.0. The van der Waals surface area contributed by atoms with Gasteiger partial charge in [0.05, 0.1) is 45.4 Å². The van der Waals surface area contributed by atoms with E-state index in [-0.39, 0.29) is 68.7 Å². The van der Waals surface area contributed by atoms with E-state index < -0.39 is 29.0 Å². The molecule has 0 fully saturated rings. The van der Waals surface area contributed by atoms with Gasteiger partial charge in [-0.15, -0.1) is 0 Å². The van der Waals surface area contributed by atoms with E-state index in [0.29, 0.717) is 115 Å². The number of likely N-dealkylation sites (N-methyl/N-ethyl adjacent to an activating group) is 4. The van der Waals surface area contributed by atoms with Crippen LogP contribution in [0.1, 0.15) is 37.4 Å². The van der Waals surface area contributed by atoms with Gasteiger partial charge < -0.3 is 46.9 Å². The molecule has 125 heavy (non-hydrogen) atoms. The minimum absolute atomic E-state index is 0.0210. The summed E-state index contributed by atoms with van der Waals surface area (Å²) in [6, 6.07) is 67.0. The van der Waals surface area contributed by atoms with Gasteiger partial charge in [-0.1, -0.05) is 91.0 Å². The first-order valence-corrected chi connectivity index (χ1v) is 38.6. The lowest BCUT2D eigenvalue weighted by Gasteiger charge is -2.16. The number of nitrogens with two attached hydrogens (primary N) is 3. The number of halogens is 3. The lowest BCUT2D eigenvalue weighted by Crippen LogP contribution is -2.25. The first-order valence-electron chi connectivity index (χ1n) is 38.6. The molecule has 7 aromatic heterocycles. The van der Waals surface area contributed by atoms with Crippen LogP contribution < -0.4 is 59.7 Å². The van der Waals surface area contributed by atoms with E-state index in [0.717, 1.165) is 12.1 Å². The number of aryl methyl sites for hydroxylation is 1. The number of alkyl halides is 3. The van der Waals surface area contributed by atoms with Crippen molar-refractivity contribution >= 4 is 91.5 Å². The molecule has 7 N–H and O–H groups in total. The number of aromatic nitrogens is 13. The molecule has 0 radical (unpaired) electrons. The summed E-state index contributed by atoms with van der Waals surface area (Å²) in [6.45, 7) is 2.99. The smallest absolute Gasteiger partial charge is 0.416 e. The zero-order valence-electron chi connectivity index (χ0n) is 68.3. The van der Waals surface area contributed by atoms with Gasteiger partial charge in [-0.05, 0) is 199 Å². The van der Waals surface area contributed by atoms with Crippen LogP contribution in [0.4, 0.5) is 47.7 Å². The number of para-hydroxylation sites is 1. The lowest BCUT2D eigenvalue weighted by molar-refractivity contribution is -0.137. The van der Waals surface area contributed by atoms with E-state index >= 15 is 0 Å². The molecule has 0 spiro atoms. The van der Waals surface area contributed by atoms with Crippen LogP contribution in [0.3, 0.4) is 0 Å². The standard InChI is InChI=1S/C32H29F3N8O3.C31H29N7O3.C29H22N6O3/c1-40(2)16-6-11-26(44)41(3)24-9-5-10-25(18-24)43-29-27(28(36)37-19-38-29)42(31(43)46)23-14-12-20(13-15-23)30(45)39-22-8-4-7-21(17-22)32(33,34)35;1-35(2)18-8-13-26(39)36(3)24-11-7-12-25(19-24)38-30-27(29(32)33-20-34-30)37(31(38)41)23-16-14-22(15-17-23)28(40)21-9-5-4-6-10-21;1-19-7-6-16-33(28(19)36)21-8-5-9-22(17-21)35-27-25(26(30)31-18-32-27)34(29(35)37)20-12-14-24(15-13-20)38-23-10-3-2-4-11-23/h4-15,17-19H,16H2,1-3H3,(H,39,45)(H2,36,37,38);4-17,19-20H,18H2,1-3H3,(H2,32,33,34);2-18H,1H3,(H2,30,31,32)/b11-6+;13-8+;. The summed E-state index contributed by atoms with van der Waals surface area (Å²) in [5.74, 6) is 0.440. The Labute approximate surface area is 710 Å². The Morgan fingerprint density at radius 1 is 0.416 bits per heavy atom. The molecule has 0 aliphatic rings. The van der Waals surface area contributed by atoms with Gasteiger partial charge >= 0.3 is 23.2 Å². The first kappa shape index (κ1) is 84.9. The normalized spacial score (nSPS) is 11.5. The van der Waals surface area contributed by atoms with Crippen molar-refractivity contribution in [3.05, 3.63) is 362 Å². The SMILES string of the molecule is CN(C)C/C=C/C(=O)N(C)c1cccc(-n2c(=O)n(-c3ccc(C(=O)Nc4cccc(C(F)(F)F)c4)cc3)c3c(N)ncnc32)c1.CN(C)C/C=C/C(=O)N(C)c1cccc(-n2c(=O)n(-c3ccc(C(=O)c4ccccc4)cc3)c3c(N)ncnc32)c1.Cc1cccn(-c2cccc(-n3c(=O)n(-c4ccc(Oc5ccccc5)cc4)c4c(N)ncnc43)c2)c1=O. The highest BCUT2D eigenvalue weighted by molar-refractivity contribution is 6.09. The predicted octanol–water partition coefficient (Wildman–Crippen LogP) is 12.4. The number of carbonyl (C=O) groups excluding carboxylic acids is 4. The number of hydrogen-bond acceptors (Lipinski definition) is 20. The maximum absolute atomic E-state index is 14.0. The fourth-order valence-corrected chi connectivity index (χ4v) is 13.6. The molecule has 0 saturated carbocycles. The van der Waals surface area contributed by atoms with E-state index in [2.05, 4.69) is 35.2 Å². The molecular weight excluding hydrogens is 1600 g/mol. The highest BCUT2D eigenvalue weighted by Gasteiger charge is 2.31. The van der Waals surface area contributed by atoms with Crippen molar-refractivity contribution in [2.75, 3.05) is 87.7 Å². The van der Waals surface area contributed by atoms with Crippen LogP contribution in [0, 0.1) is 6.92 Å². The van der Waals surface area contributed by atoms with Crippen LogP contribution in [-0.4, -0.2) is 151 Å². The van der Waals surface area contributed by atoms with Crippen molar-refractivity contribution < 1.29 is 37.1 Å². The number of amides is 3. The number of nitrogen functional groups attached to an aromatic ring is 3. The number of imidazole rings is 3. The number of rotatable bonds is 21. The Hall–Kier alpha value is -16.6. The van der Waals surface area contributed by atoms with Crippen molar-refractivity contribution in [3.8, 4) is 51.3 Å². The second kappa shape index (κ2) is 36.6. The Bertz CT molecular complexity index is 7080. The van der Waals surface area contributed by atoms with E-state index in [1.165, 1.54) is 109 Å². The zero-order chi connectivity index (χ0) is 88.5. The quantitative estimate of drug-likeness (QED) is 0.0383. The van der Waals surface area contributed by atoms with Gasteiger partial charge in [-0.25, -0.2) is 58.0 Å². The summed E-state index contributed by atoms with van der Waals surface area (Å²) < 4.78 is 55.1. The summed E-state index contributed by atoms with van der Waals surface area (Å²) in [5, 5.41) is 2.46. The number of fused-ring (bicyclic) bond motifs is 3. The van der Waals surface area contributed by atoms with Gasteiger partial charge in [0, 0.05) is 84.8 Å². The monoisotopic (exact) mass is 1680 g/mol. The molecule has 0 bridgehead atoms. The number of anilines is 6. The molecule has 628 valence electrons. The number of ketones is 1. The van der Waals surface area contributed by atoms with Crippen molar-refractivity contribution in [1.82, 2.24) is 71.7 Å². The van der Waals surface area contributed by atoms with Gasteiger partial charge in [0.1, 0.15) is 47.0 Å². The molecule has 0 unspecified atom stereocenters. The topological polar surface area (TPSA) is 361 Å². The largest absolute Gasteiger partial charge is 0.457 e. The molecule has 9 aromatic carbocycles. The number of benzene rings is 9. The van der Waals surface area contributed by atoms with Crippen LogP contribution in [0.15, 0.2) is 311 Å². The minimum atomic E-state index is -4.56. The number of pyridine rings is 1. The van der Waals surface area contributed by atoms with Crippen LogP contribution in [0.2, 0.25) is 0 Å². The molecule has 16 aromatic rings. The van der Waals surface area contributed by atoms with Gasteiger partial charge in [0.25, 0.3) is 11.5 Å². The molecule has 0 aliphatic carbocycles. The van der Waals surface area contributed by atoms with Crippen molar-refractivity contribution in [3.63, 3.8) is 0 Å². The first-order chi connectivity index (χ1) is 60.1. The summed E-state index contributed by atoms with van der Waals surface area (Å²) >= 11 is 0. The predicted molar refractivity (Wildman–Crippen MR) is 475 cm³/mol. The Balaban J connectivity index is 0.000000153. The summed E-state index contributed by atoms with van der Waals surface area (Å²) in [4.78, 5) is 138. The zero-order valence-corrected chi connectivity index (χ0v) is 68.3. The van der Waals surface area contributed by atoms with E-state index in [1.54, 1.807) is 179 Å². The Morgan fingerprint density at radius 2 is 0.816 bits per heavy atom. The average Bonchev–Trinajstić information content (AvgIpc) is 1.60. The summed E-state index contributed by atoms with van der Waals surface area (Å²) in [6.07, 6.45) is 7.53. The number of ether oxygens (including phenoxy) is 1. The number of hydrogen-bond donors (Lipinski definition) is 4. The summed E-state index contributed by atoms with van der Waals surface area (Å²) in [7, 11) is 10.9. The molecule has 0 saturated heterocycles. The van der Waals surface area contributed by atoms with Gasteiger partial charge in [-0.2, -0.15) is 13.2 Å². The molecular formula is C92H80F3N21O9. The molecule has 30 nitrogen and oxygen atoms in total. The highest BCUT2D eigenvalue weighted by atomic mass is 19.4. The highest BCUT2D eigenvalue weighted by Crippen LogP contribution is 2.34. The molecule has 0 aliphatic heterocycles. The van der Waals surface area contributed by atoms with E-state index in [9.17, 15) is 51.5 Å². The minimum Gasteiger partial charge on any atom is -0.457 e. The second-order valence-corrected chi connectivity index (χ2v) is 28.9. The fraction of sp³-hybridized carbons (Fsp3) is 0.109. The van der Waals surface area contributed by atoms with Crippen molar-refractivity contribution in [2.24, 2.45) is 0 Å². The van der Waals surface area contributed by atoms with E-state index in [4.69, 9.17) is 21.9 Å². The average molecular weight is 1680 g/mol. The second-order valence-electron chi connectivity index (χ2n) is 28.9. The number of nitrogens with zero attached hydrogens (tertiary/aromatic N) is 17. The van der Waals surface area contributed by atoms with Gasteiger partial charge in [0.2, 0.25) is 11.8 Å². The molecule has 3 amide bonds. The third-order valence-electron chi connectivity index (χ3n) is 19.9. The Morgan fingerprint density at radius 3 is 1.27 bits per heavy atom. The van der Waals surface area contributed by atoms with Crippen LogP contribution in [0.5, 0.6) is 11.5 Å². The number of carbonyl (C=O) groups is 4. The third-order valence-corrected chi connectivity index (χ3v) is 19.9. The van der Waals surface area contributed by atoms with Crippen molar-refractivity contribution in [1.29, 1.82) is 0 Å². The molecule has 7 heterocycles. The van der Waals surface area contributed by atoms with Crippen molar-refractivity contribution in [2.45, 2.75) is 13.1 Å². The van der Waals surface area contributed by atoms with E-state index in [1.807, 2.05) is 92.6 Å². The molecule has 33 heteroatoms. The molecule has 16 rings (SSSR count). The third kappa shape index (κ3) is 18.3. The number of nitrogens with one attached hydrogen (secondary N) is 1. The van der Waals surface area contributed by atoms with Gasteiger partial charge in [0.15, 0.2) is 40.2 Å². The van der Waals surface area contributed by atoms with Crippen LogP contribution in [0.25, 0.3) is 73.3 Å². The maximum Gasteiger partial charge on any atom is 0.416 e. The Kier molecular flexibility index (Phi) is 24.8. The summed E-state index contributed by atoms with van der Waals surface area (Å²) in [5.41, 5.74) is 24.6. The van der Waals surface area contributed by atoms with Crippen LogP contribution in [-0.2, 0) is 15.8 Å². The fourth-order valence-electron chi connectivity index (χ4n) is 13.6. The molecule has 0 atom stereocenters. The van der Waals surface area contributed by atoms with Gasteiger partial charge in [-0.3, -0.25) is 42.2 Å².